The monoisotopic (exact) mass is 379 g/mol. The van der Waals surface area contributed by atoms with Crippen molar-refractivity contribution in [3.05, 3.63) is 35.7 Å². The Kier molecular flexibility index (Phi) is 6.61. The van der Waals surface area contributed by atoms with Crippen LogP contribution in [0, 0.1) is 6.92 Å². The quantitative estimate of drug-likeness (QED) is 0.881. The molecule has 1 atom stereocenters. The zero-order chi connectivity index (χ0) is 18.0. The Labute approximate surface area is 159 Å². The van der Waals surface area contributed by atoms with Crippen LogP contribution in [0.1, 0.15) is 42.9 Å². The highest BCUT2D eigenvalue weighted by Gasteiger charge is 2.26. The van der Waals surface area contributed by atoms with Gasteiger partial charge in [0.2, 0.25) is 0 Å². The number of hydrogen-bond acceptors (Lipinski definition) is 5. The topological polar surface area (TPSA) is 86.3 Å². The number of aromatic nitrogens is 3. The van der Waals surface area contributed by atoms with Gasteiger partial charge in [0.25, 0.3) is 5.91 Å². The van der Waals surface area contributed by atoms with Gasteiger partial charge in [-0.05, 0) is 57.9 Å². The third kappa shape index (κ3) is 4.34. The molecule has 26 heavy (non-hydrogen) atoms. The normalized spacial score (nSPS) is 17.1. The maximum atomic E-state index is 12.7. The van der Waals surface area contributed by atoms with Gasteiger partial charge in [-0.3, -0.25) is 4.79 Å². The van der Waals surface area contributed by atoms with Crippen molar-refractivity contribution in [3.63, 3.8) is 0 Å². The van der Waals surface area contributed by atoms with E-state index in [2.05, 4.69) is 10.3 Å². The van der Waals surface area contributed by atoms with E-state index in [1.165, 1.54) is 0 Å². The number of nitrogens with two attached hydrogens (primary N) is 1. The first-order valence-electron chi connectivity index (χ1n) is 8.70. The van der Waals surface area contributed by atoms with Crippen molar-refractivity contribution < 1.29 is 9.53 Å². The SMILES string of the molecule is Cc1c(C(=O)N2CCCC(N)C2)nnn1-c1ccc(OC(C)C)cc1.Cl. The number of nitrogens with zero attached hydrogens (tertiary/aromatic N) is 4. The van der Waals surface area contributed by atoms with E-state index in [1.54, 1.807) is 9.58 Å². The van der Waals surface area contributed by atoms with Crippen LogP contribution in [0.3, 0.4) is 0 Å². The zero-order valence-corrected chi connectivity index (χ0v) is 16.2. The Morgan fingerprint density at radius 1 is 1.31 bits per heavy atom. The van der Waals surface area contributed by atoms with Gasteiger partial charge in [-0.1, -0.05) is 5.21 Å². The van der Waals surface area contributed by atoms with E-state index in [4.69, 9.17) is 10.5 Å². The van der Waals surface area contributed by atoms with E-state index in [-0.39, 0.29) is 30.5 Å². The summed E-state index contributed by atoms with van der Waals surface area (Å²) in [6.45, 7) is 7.13. The smallest absolute Gasteiger partial charge is 0.276 e. The molecule has 1 aromatic carbocycles. The molecule has 0 aliphatic carbocycles. The predicted molar refractivity (Wildman–Crippen MR) is 102 cm³/mol. The molecule has 1 amide bonds. The molecule has 1 aliphatic heterocycles. The second kappa shape index (κ2) is 8.51. The van der Waals surface area contributed by atoms with Gasteiger partial charge in [0, 0.05) is 19.1 Å². The van der Waals surface area contributed by atoms with E-state index < -0.39 is 0 Å². The number of rotatable bonds is 4. The highest BCUT2D eigenvalue weighted by atomic mass is 35.5. The van der Waals surface area contributed by atoms with Crippen LogP contribution in [0.25, 0.3) is 5.69 Å². The number of benzene rings is 1. The Morgan fingerprint density at radius 2 is 2.00 bits per heavy atom. The van der Waals surface area contributed by atoms with Gasteiger partial charge in [-0.25, -0.2) is 4.68 Å². The summed E-state index contributed by atoms with van der Waals surface area (Å²) in [6.07, 6.45) is 2.01. The van der Waals surface area contributed by atoms with Crippen molar-refractivity contribution in [2.45, 2.75) is 45.8 Å². The number of ether oxygens (including phenoxy) is 1. The van der Waals surface area contributed by atoms with Gasteiger partial charge < -0.3 is 15.4 Å². The highest BCUT2D eigenvalue weighted by Crippen LogP contribution is 2.19. The molecular weight excluding hydrogens is 354 g/mol. The number of carbonyl (C=O) groups is 1. The fourth-order valence-corrected chi connectivity index (χ4v) is 3.05. The lowest BCUT2D eigenvalue weighted by atomic mass is 10.1. The van der Waals surface area contributed by atoms with Gasteiger partial charge in [-0.2, -0.15) is 0 Å². The lowest BCUT2D eigenvalue weighted by Crippen LogP contribution is -2.46. The summed E-state index contributed by atoms with van der Waals surface area (Å²) in [5.41, 5.74) is 7.93. The molecule has 0 saturated carbocycles. The number of hydrogen-bond donors (Lipinski definition) is 1. The third-order valence-corrected chi connectivity index (χ3v) is 4.30. The minimum Gasteiger partial charge on any atom is -0.491 e. The molecule has 8 heteroatoms. The first-order chi connectivity index (χ1) is 12.0. The minimum atomic E-state index is -0.0985. The van der Waals surface area contributed by atoms with Gasteiger partial charge in [0.15, 0.2) is 5.69 Å². The van der Waals surface area contributed by atoms with E-state index in [9.17, 15) is 4.79 Å². The molecule has 1 aliphatic rings. The van der Waals surface area contributed by atoms with E-state index >= 15 is 0 Å². The van der Waals surface area contributed by atoms with Crippen molar-refractivity contribution in [1.29, 1.82) is 0 Å². The molecule has 2 heterocycles. The molecule has 1 unspecified atom stereocenters. The Morgan fingerprint density at radius 3 is 2.62 bits per heavy atom. The summed E-state index contributed by atoms with van der Waals surface area (Å²) in [5.74, 6) is 0.703. The van der Waals surface area contributed by atoms with Gasteiger partial charge >= 0.3 is 0 Å². The molecule has 2 aromatic rings. The minimum absolute atomic E-state index is 0. The largest absolute Gasteiger partial charge is 0.491 e. The fourth-order valence-electron chi connectivity index (χ4n) is 3.05. The molecule has 1 aromatic heterocycles. The molecule has 3 rings (SSSR count). The standard InChI is InChI=1S/C18H25N5O2.ClH/c1-12(2)25-16-8-6-15(7-9-16)23-13(3)17(20-21-23)18(24)22-10-4-5-14(19)11-22;/h6-9,12,14H,4-5,10-11,19H2,1-3H3;1H. The number of carbonyl (C=O) groups excluding carboxylic acids is 1. The molecule has 1 fully saturated rings. The molecule has 1 saturated heterocycles. The lowest BCUT2D eigenvalue weighted by Gasteiger charge is -2.30. The van der Waals surface area contributed by atoms with Crippen molar-refractivity contribution in [3.8, 4) is 11.4 Å². The Bertz CT molecular complexity index is 745. The lowest BCUT2D eigenvalue weighted by molar-refractivity contribution is 0.0702. The second-order valence-electron chi connectivity index (χ2n) is 6.75. The van der Waals surface area contributed by atoms with Crippen molar-refractivity contribution in [1.82, 2.24) is 19.9 Å². The summed E-state index contributed by atoms with van der Waals surface area (Å²) in [5, 5.41) is 8.27. The highest BCUT2D eigenvalue weighted by molar-refractivity contribution is 5.93. The molecule has 2 N–H and O–H groups in total. The molecular formula is C18H26ClN5O2. The van der Waals surface area contributed by atoms with Crippen LogP contribution < -0.4 is 10.5 Å². The van der Waals surface area contributed by atoms with Crippen LogP contribution in [-0.2, 0) is 0 Å². The van der Waals surface area contributed by atoms with Crippen LogP contribution in [0.4, 0.5) is 0 Å². The van der Waals surface area contributed by atoms with Crippen LogP contribution in [0.15, 0.2) is 24.3 Å². The average Bonchev–Trinajstić information content (AvgIpc) is 2.96. The van der Waals surface area contributed by atoms with Crippen LogP contribution in [0.5, 0.6) is 5.75 Å². The average molecular weight is 380 g/mol. The number of halogens is 1. The second-order valence-corrected chi connectivity index (χ2v) is 6.75. The van der Waals surface area contributed by atoms with Crippen LogP contribution in [0.2, 0.25) is 0 Å². The summed E-state index contributed by atoms with van der Waals surface area (Å²) in [4.78, 5) is 14.5. The number of piperidine rings is 1. The number of likely N-dealkylation sites (tertiary alicyclic amines) is 1. The van der Waals surface area contributed by atoms with E-state index in [0.29, 0.717) is 12.2 Å². The molecule has 0 bridgehead atoms. The fraction of sp³-hybridized carbons (Fsp3) is 0.500. The van der Waals surface area contributed by atoms with Crippen LogP contribution in [-0.4, -0.2) is 51.0 Å². The first-order valence-corrected chi connectivity index (χ1v) is 8.70. The van der Waals surface area contributed by atoms with Crippen molar-refractivity contribution in [2.24, 2.45) is 5.73 Å². The zero-order valence-electron chi connectivity index (χ0n) is 15.4. The third-order valence-electron chi connectivity index (χ3n) is 4.30. The molecule has 7 nitrogen and oxygen atoms in total. The molecule has 142 valence electrons. The Hall–Kier alpha value is -2.12. The van der Waals surface area contributed by atoms with Crippen LogP contribution >= 0.6 is 12.4 Å². The summed E-state index contributed by atoms with van der Waals surface area (Å²) in [6, 6.07) is 7.64. The summed E-state index contributed by atoms with van der Waals surface area (Å²) < 4.78 is 7.33. The van der Waals surface area contributed by atoms with Crippen molar-refractivity contribution in [2.75, 3.05) is 13.1 Å². The van der Waals surface area contributed by atoms with Gasteiger partial charge in [-0.15, -0.1) is 17.5 Å². The van der Waals surface area contributed by atoms with Gasteiger partial charge in [0.1, 0.15) is 5.75 Å². The van der Waals surface area contributed by atoms with Crippen molar-refractivity contribution >= 4 is 18.3 Å². The molecule has 0 radical (unpaired) electrons. The van der Waals surface area contributed by atoms with E-state index in [1.807, 2.05) is 45.0 Å². The Balaban J connectivity index is 0.00000243. The van der Waals surface area contributed by atoms with Gasteiger partial charge in [0.05, 0.1) is 17.5 Å². The number of amides is 1. The predicted octanol–water partition coefficient (Wildman–Crippen LogP) is 2.35. The summed E-state index contributed by atoms with van der Waals surface area (Å²) in [7, 11) is 0. The maximum absolute atomic E-state index is 12.7. The first kappa shape index (κ1) is 20.2. The maximum Gasteiger partial charge on any atom is 0.276 e. The van der Waals surface area contributed by atoms with E-state index in [0.717, 1.165) is 36.5 Å². The molecule has 0 spiro atoms. The summed E-state index contributed by atoms with van der Waals surface area (Å²) >= 11 is 0.